The molecule has 0 spiro atoms. The first kappa shape index (κ1) is 57.3. The minimum absolute atomic E-state index is 0.141. The Labute approximate surface area is 413 Å². The minimum atomic E-state index is -2.92. The van der Waals surface area contributed by atoms with Gasteiger partial charge in [0, 0.05) is 43.6 Å². The quantitative estimate of drug-likeness (QED) is 0.0369. The van der Waals surface area contributed by atoms with Crippen molar-refractivity contribution in [3.8, 4) is 0 Å². The number of fused-ring (bicyclic) bond motifs is 3. The highest BCUT2D eigenvalue weighted by molar-refractivity contribution is 5.77. The summed E-state index contributed by atoms with van der Waals surface area (Å²) in [6, 6.07) is 0. The Morgan fingerprint density at radius 3 is 1.38 bits per heavy atom. The zero-order chi connectivity index (χ0) is 52.7. The summed E-state index contributed by atoms with van der Waals surface area (Å²) in [7, 11) is 0. The van der Waals surface area contributed by atoms with Crippen molar-refractivity contribution < 1.29 is 129 Å². The minimum Gasteiger partial charge on any atom is -0.477 e. The molecule has 23 atom stereocenters. The number of aliphatic carboxylic acids is 3. The van der Waals surface area contributed by atoms with E-state index in [1.165, 1.54) is 44.9 Å². The maximum atomic E-state index is 12.8. The van der Waals surface area contributed by atoms with Crippen LogP contribution in [0.1, 0.15) is 103 Å². The number of unbranched alkanes of at least 4 members (excludes halogenated alkanes) is 11. The standard InChI is InChI=1S/C46H74O26/c1-2-3-4-5-6-7-8-9-10-11-12-13-14-65-38-32(54)30(52)28(50)24(69-38)18-66-44(39(57)58)16-22(48)26-34(71-44)36(55)43(26,64)20-68-46(41(61)62)17-23(49)27-35(72-46)37(56)42(27,63)19-67-45(40(59)60)15-21(47)25-29(51)31(53)33(25)70-45/h21-38,47-56,63-64H,2-20H2,1H3,(H,57,58)(H,59,60)(H,61,62)/t21-,22-,23-,24-,25+,26-,27-,28-,29-,30+,31-,32-,33+,34+,35+,36+,37+,38-,42-,43-,44-,45-,46-/m1/s1. The average molecular weight is 1040 g/mol. The second-order valence-corrected chi connectivity index (χ2v) is 20.9. The van der Waals surface area contributed by atoms with Crippen LogP contribution >= 0.6 is 0 Å². The summed E-state index contributed by atoms with van der Waals surface area (Å²) in [6.45, 7) is -0.764. The molecule has 4 heterocycles. The SMILES string of the molecule is CCCCCCCCCCCCCCO[C@@H]1O[C@H](CO[C@]2(C(=O)O)C[C@@H](O)[C@@H]3[C@H](O2)[C@H](O)[C@@]3(O)CO[C@]2(C(=O)O)C[C@@H](O)[C@@H]3[C@H](O2)[C@H](O)[C@@]3(O)CO[C@]2(C(=O)O)C[C@@H](O)[C@H]3[C@@H](O)[C@@H](O)[C@H]3O2)[C@@H](O)[C@H](O)[C@H]1O. The number of aliphatic hydroxyl groups excluding tert-OH is 10. The van der Waals surface area contributed by atoms with Gasteiger partial charge in [-0.05, 0) is 6.42 Å². The Morgan fingerprint density at radius 1 is 0.500 bits per heavy atom. The molecule has 0 bridgehead atoms. The summed E-state index contributed by atoms with van der Waals surface area (Å²) in [6.07, 6.45) is -15.1. The fraction of sp³-hybridized carbons (Fsp3) is 0.935. The summed E-state index contributed by atoms with van der Waals surface area (Å²) in [5.41, 5.74) is -5.13. The fourth-order valence-corrected chi connectivity index (χ4v) is 11.6. The van der Waals surface area contributed by atoms with Crippen LogP contribution in [0.2, 0.25) is 0 Å². The van der Waals surface area contributed by atoms with Gasteiger partial charge in [-0.25, -0.2) is 14.4 Å². The molecule has 7 aliphatic rings. The first-order chi connectivity index (χ1) is 33.9. The molecule has 7 fully saturated rings. The predicted octanol–water partition coefficient (Wildman–Crippen LogP) is -3.85. The van der Waals surface area contributed by atoms with Crippen LogP contribution in [0.3, 0.4) is 0 Å². The summed E-state index contributed by atoms with van der Waals surface area (Å²) in [5, 5.41) is 161. The summed E-state index contributed by atoms with van der Waals surface area (Å²) in [4.78, 5) is 37.9. The molecule has 4 aliphatic heterocycles. The molecule has 7 rings (SSSR count). The lowest BCUT2D eigenvalue weighted by molar-refractivity contribution is -0.423. The molecule has 26 heteroatoms. The van der Waals surface area contributed by atoms with Crippen LogP contribution < -0.4 is 0 Å². The van der Waals surface area contributed by atoms with Crippen molar-refractivity contribution in [1.82, 2.24) is 0 Å². The van der Waals surface area contributed by atoms with Crippen LogP contribution in [0.4, 0.5) is 0 Å². The molecular formula is C46H74O26. The van der Waals surface area contributed by atoms with E-state index in [0.29, 0.717) is 6.42 Å². The highest BCUT2D eigenvalue weighted by Crippen LogP contribution is 2.55. The Morgan fingerprint density at radius 2 is 0.917 bits per heavy atom. The number of ether oxygens (including phenoxy) is 8. The van der Waals surface area contributed by atoms with Gasteiger partial charge in [0.2, 0.25) is 0 Å². The van der Waals surface area contributed by atoms with E-state index >= 15 is 0 Å². The topological polar surface area (TPSA) is 429 Å². The lowest BCUT2D eigenvalue weighted by Crippen LogP contribution is -2.82. The normalized spacial score (nSPS) is 47.5. The van der Waals surface area contributed by atoms with Crippen LogP contribution in [-0.2, 0) is 52.3 Å². The van der Waals surface area contributed by atoms with Gasteiger partial charge in [-0.1, -0.05) is 77.6 Å². The molecule has 0 aromatic heterocycles. The number of hydrogen-bond acceptors (Lipinski definition) is 23. The third kappa shape index (κ3) is 10.6. The van der Waals surface area contributed by atoms with E-state index in [9.17, 15) is 91.0 Å². The Hall–Kier alpha value is -2.39. The van der Waals surface area contributed by atoms with Crippen molar-refractivity contribution in [3.05, 3.63) is 0 Å². The van der Waals surface area contributed by atoms with Gasteiger partial charge >= 0.3 is 17.9 Å². The molecule has 72 heavy (non-hydrogen) atoms. The molecule has 4 saturated heterocycles. The van der Waals surface area contributed by atoms with E-state index < -0.39 is 195 Å². The highest BCUT2D eigenvalue weighted by atomic mass is 16.8. The van der Waals surface area contributed by atoms with Gasteiger partial charge in [-0.3, -0.25) is 0 Å². The molecule has 0 aromatic carbocycles. The molecule has 0 aromatic rings. The molecule has 0 unspecified atom stereocenters. The fourth-order valence-electron chi connectivity index (χ4n) is 11.6. The number of carboxylic acids is 3. The third-order valence-corrected chi connectivity index (χ3v) is 16.1. The van der Waals surface area contributed by atoms with E-state index in [0.717, 1.165) is 25.7 Å². The number of carboxylic acid groups (broad SMARTS) is 3. The van der Waals surface area contributed by atoms with Gasteiger partial charge < -0.3 is 114 Å². The zero-order valence-electron chi connectivity index (χ0n) is 40.0. The van der Waals surface area contributed by atoms with Gasteiger partial charge in [0.15, 0.2) is 6.29 Å². The zero-order valence-corrected chi connectivity index (χ0v) is 40.0. The second kappa shape index (κ2) is 22.7. The lowest BCUT2D eigenvalue weighted by atomic mass is 9.59. The third-order valence-electron chi connectivity index (χ3n) is 16.1. The Kier molecular flexibility index (Phi) is 18.0. The molecule has 3 aliphatic carbocycles. The van der Waals surface area contributed by atoms with Crippen molar-refractivity contribution in [2.45, 2.75) is 224 Å². The molecule has 26 nitrogen and oxygen atoms in total. The second-order valence-electron chi connectivity index (χ2n) is 20.9. The van der Waals surface area contributed by atoms with Crippen LogP contribution in [0.5, 0.6) is 0 Å². The number of aliphatic hydroxyl groups is 12. The maximum absolute atomic E-state index is 12.8. The molecule has 414 valence electrons. The van der Waals surface area contributed by atoms with Crippen molar-refractivity contribution in [2.75, 3.05) is 26.4 Å². The summed E-state index contributed by atoms with van der Waals surface area (Å²) < 4.78 is 44.7. The Balaban J connectivity index is 0.906. The summed E-state index contributed by atoms with van der Waals surface area (Å²) in [5.74, 6) is -18.1. The molecule has 0 amide bonds. The number of carbonyl (C=O) groups is 3. The van der Waals surface area contributed by atoms with E-state index in [1.54, 1.807) is 0 Å². The largest absolute Gasteiger partial charge is 0.477 e. The maximum Gasteiger partial charge on any atom is 0.364 e. The van der Waals surface area contributed by atoms with Crippen LogP contribution in [0.15, 0.2) is 0 Å². The first-order valence-corrected chi connectivity index (χ1v) is 25.1. The van der Waals surface area contributed by atoms with Crippen LogP contribution in [0, 0.1) is 17.8 Å². The Bertz CT molecular complexity index is 1860. The van der Waals surface area contributed by atoms with Crippen LogP contribution in [0.25, 0.3) is 0 Å². The first-order valence-electron chi connectivity index (χ1n) is 25.1. The average Bonchev–Trinajstić information content (AvgIpc) is 3.34. The van der Waals surface area contributed by atoms with Crippen molar-refractivity contribution in [3.63, 3.8) is 0 Å². The lowest BCUT2D eigenvalue weighted by Gasteiger charge is -2.63. The number of rotatable bonds is 26. The van der Waals surface area contributed by atoms with E-state index in [2.05, 4.69) is 6.92 Å². The summed E-state index contributed by atoms with van der Waals surface area (Å²) >= 11 is 0. The van der Waals surface area contributed by atoms with E-state index in [1.807, 2.05) is 0 Å². The van der Waals surface area contributed by atoms with Crippen molar-refractivity contribution in [2.24, 2.45) is 17.8 Å². The van der Waals surface area contributed by atoms with Gasteiger partial charge in [-0.2, -0.15) is 0 Å². The molecule has 0 radical (unpaired) electrons. The predicted molar refractivity (Wildman–Crippen MR) is 234 cm³/mol. The van der Waals surface area contributed by atoms with Gasteiger partial charge in [0.05, 0.1) is 62.5 Å². The van der Waals surface area contributed by atoms with Gasteiger partial charge in [0.1, 0.15) is 53.9 Å². The van der Waals surface area contributed by atoms with Crippen LogP contribution in [-0.4, -0.2) is 241 Å². The van der Waals surface area contributed by atoms with Crippen molar-refractivity contribution in [1.29, 1.82) is 0 Å². The highest BCUT2D eigenvalue weighted by Gasteiger charge is 2.74. The smallest absolute Gasteiger partial charge is 0.364 e. The molecular weight excluding hydrogens is 968 g/mol. The van der Waals surface area contributed by atoms with E-state index in [4.69, 9.17) is 37.9 Å². The number of hydrogen-bond donors (Lipinski definition) is 15. The van der Waals surface area contributed by atoms with Gasteiger partial charge in [-0.15, -0.1) is 0 Å². The van der Waals surface area contributed by atoms with E-state index in [-0.39, 0.29) is 6.61 Å². The van der Waals surface area contributed by atoms with Gasteiger partial charge in [0.25, 0.3) is 17.4 Å². The molecule has 15 N–H and O–H groups in total. The van der Waals surface area contributed by atoms with Crippen molar-refractivity contribution >= 4 is 17.9 Å². The molecule has 3 saturated carbocycles. The monoisotopic (exact) mass is 1040 g/mol.